The van der Waals surface area contributed by atoms with E-state index in [2.05, 4.69) is 36.3 Å². The number of hydrogen-bond acceptors (Lipinski definition) is 9. The second-order valence-corrected chi connectivity index (χ2v) is 20.0. The molecule has 7 N–H and O–H groups in total. The molecule has 0 aliphatic carbocycles. The summed E-state index contributed by atoms with van der Waals surface area (Å²) in [5.41, 5.74) is 5.63. The Kier molecular flexibility index (Phi) is 37.1. The van der Waals surface area contributed by atoms with E-state index in [1.54, 1.807) is 77.9 Å². The third-order valence-corrected chi connectivity index (χ3v) is 10.9. The normalized spacial score (nSPS) is 12.1. The molecule has 0 radical (unpaired) electrons. The van der Waals surface area contributed by atoms with Crippen molar-refractivity contribution in [2.45, 2.75) is 232 Å². The number of carboxylic acids is 1. The van der Waals surface area contributed by atoms with E-state index in [9.17, 15) is 24.3 Å². The fourth-order valence-electron chi connectivity index (χ4n) is 7.12. The molecule has 2 atom stereocenters. The number of unbranched alkanes of at least 4 members (excludes halogenated alkanes) is 19. The molecule has 0 saturated carbocycles. The lowest BCUT2D eigenvalue weighted by molar-refractivity contribution is -0.139. The summed E-state index contributed by atoms with van der Waals surface area (Å²) in [6, 6.07) is 11.1. The minimum atomic E-state index is -1.15. The minimum Gasteiger partial charge on any atom is -0.508 e. The monoisotopic (exact) mass is 966 g/mol. The van der Waals surface area contributed by atoms with Gasteiger partial charge in [0.2, 0.25) is 0 Å². The van der Waals surface area contributed by atoms with Gasteiger partial charge in [-0.05, 0) is 141 Å². The third-order valence-electron chi connectivity index (χ3n) is 10.9. The largest absolute Gasteiger partial charge is 0.508 e. The highest BCUT2D eigenvalue weighted by atomic mass is 16.6. The van der Waals surface area contributed by atoms with Crippen molar-refractivity contribution in [2.75, 3.05) is 6.54 Å². The fraction of sp³-hybridized carbons (Fsp3) is 0.649. The summed E-state index contributed by atoms with van der Waals surface area (Å²) < 4.78 is 10.4. The smallest absolute Gasteiger partial charge is 0.408 e. The molecule has 0 aromatic heterocycles. The first-order valence-corrected chi connectivity index (χ1v) is 26.1. The number of amides is 2. The maximum Gasteiger partial charge on any atom is 0.408 e. The summed E-state index contributed by atoms with van der Waals surface area (Å²) in [6.07, 6.45) is 34.0. The van der Waals surface area contributed by atoms with Crippen molar-refractivity contribution in [3.63, 3.8) is 0 Å². The molecule has 2 rings (SSSR count). The molecule has 0 saturated heterocycles. The first-order chi connectivity index (χ1) is 32.8. The van der Waals surface area contributed by atoms with Gasteiger partial charge in [0.15, 0.2) is 5.78 Å². The lowest BCUT2D eigenvalue weighted by Crippen LogP contribution is -2.44. The number of carbonyl (C=O) groups excluding carboxylic acids is 3. The number of ether oxygens (including phenoxy) is 2. The molecule has 2 aromatic rings. The Hall–Kier alpha value is -4.84. The molecule has 0 aliphatic heterocycles. The van der Waals surface area contributed by atoms with Crippen LogP contribution in [0.5, 0.6) is 11.5 Å². The number of nitrogens with two attached hydrogens (primary N) is 1. The summed E-state index contributed by atoms with van der Waals surface area (Å²) in [5.74, 6) is -0.849. The van der Waals surface area contributed by atoms with Crippen molar-refractivity contribution < 1.29 is 44.0 Å². The molecular weight excluding hydrogens is 871 g/mol. The summed E-state index contributed by atoms with van der Waals surface area (Å²) in [6.45, 7) is 17.3. The van der Waals surface area contributed by atoms with Gasteiger partial charge in [-0.1, -0.05) is 139 Å². The van der Waals surface area contributed by atoms with Crippen molar-refractivity contribution in [1.82, 2.24) is 10.6 Å². The average molecular weight is 966 g/mol. The number of aliphatic carboxylic acids is 1. The Morgan fingerprint density at radius 2 is 0.928 bits per heavy atom. The third kappa shape index (κ3) is 40.7. The number of Topliss-reactive ketones (excluding diaryl/α,β-unsaturated/α-hetero) is 1. The Morgan fingerprint density at radius 1 is 0.565 bits per heavy atom. The highest BCUT2D eigenvalue weighted by Crippen LogP contribution is 2.17. The molecule has 0 bridgehead atoms. The number of benzene rings is 2. The van der Waals surface area contributed by atoms with Crippen molar-refractivity contribution in [3.05, 3.63) is 84.5 Å². The van der Waals surface area contributed by atoms with Gasteiger partial charge in [0.1, 0.15) is 28.7 Å². The van der Waals surface area contributed by atoms with Crippen LogP contribution in [0.4, 0.5) is 9.59 Å². The number of aromatic hydroxyl groups is 2. The molecule has 69 heavy (non-hydrogen) atoms. The molecule has 2 amide bonds. The summed E-state index contributed by atoms with van der Waals surface area (Å²) in [5, 5.41) is 32.9. The van der Waals surface area contributed by atoms with Gasteiger partial charge >= 0.3 is 18.2 Å². The number of allylic oxidation sites excluding steroid dienone is 3. The zero-order chi connectivity index (χ0) is 51.8. The van der Waals surface area contributed by atoms with Crippen molar-refractivity contribution in [2.24, 2.45) is 5.73 Å². The van der Waals surface area contributed by atoms with Crippen molar-refractivity contribution in [1.29, 1.82) is 0 Å². The van der Waals surface area contributed by atoms with Crippen molar-refractivity contribution >= 4 is 23.9 Å². The van der Waals surface area contributed by atoms with Crippen LogP contribution < -0.4 is 16.4 Å². The van der Waals surface area contributed by atoms with E-state index in [1.807, 2.05) is 6.08 Å². The maximum absolute atomic E-state index is 12.9. The lowest BCUT2D eigenvalue weighted by Gasteiger charge is -2.23. The van der Waals surface area contributed by atoms with Crippen LogP contribution in [0.1, 0.15) is 207 Å². The van der Waals surface area contributed by atoms with Gasteiger partial charge in [-0.3, -0.25) is 4.79 Å². The lowest BCUT2D eigenvalue weighted by atomic mass is 9.98. The van der Waals surface area contributed by atoms with E-state index in [0.717, 1.165) is 31.4 Å². The fourth-order valence-corrected chi connectivity index (χ4v) is 7.12. The molecule has 0 spiro atoms. The SMILES string of the molecule is C=CCCCCCCCCN.CC(C)(C)OC(=O)N[C@@H](Cc1ccc(O)cc1)C(=O)O.CCCCCCCC/C=C/CCCCCCCCCC(=O)[C@H](Cc1ccc(O)cc1)NC(=O)OC(C)(C)C. The van der Waals surface area contributed by atoms with Gasteiger partial charge in [-0.15, -0.1) is 6.58 Å². The summed E-state index contributed by atoms with van der Waals surface area (Å²) >= 11 is 0. The van der Waals surface area contributed by atoms with E-state index in [0.29, 0.717) is 18.4 Å². The second kappa shape index (κ2) is 39.9. The molecule has 12 nitrogen and oxygen atoms in total. The quantitative estimate of drug-likeness (QED) is 0.0296. The van der Waals surface area contributed by atoms with Crippen LogP contribution in [0.2, 0.25) is 0 Å². The predicted molar refractivity (Wildman–Crippen MR) is 283 cm³/mol. The van der Waals surface area contributed by atoms with Gasteiger partial charge < -0.3 is 41.2 Å². The van der Waals surface area contributed by atoms with Crippen molar-refractivity contribution in [3.8, 4) is 11.5 Å². The summed E-state index contributed by atoms with van der Waals surface area (Å²) in [7, 11) is 0. The number of hydrogen-bond donors (Lipinski definition) is 6. The highest BCUT2D eigenvalue weighted by Gasteiger charge is 2.25. The Balaban J connectivity index is 0.00000123. The number of alkyl carbamates (subject to hydrolysis) is 2. The Bertz CT molecular complexity index is 1660. The average Bonchev–Trinajstić information content (AvgIpc) is 3.27. The molecule has 392 valence electrons. The molecule has 0 unspecified atom stereocenters. The van der Waals surface area contributed by atoms with Crippen LogP contribution in [0.15, 0.2) is 73.3 Å². The predicted octanol–water partition coefficient (Wildman–Crippen LogP) is 14.0. The van der Waals surface area contributed by atoms with Gasteiger partial charge in [0, 0.05) is 12.8 Å². The summed E-state index contributed by atoms with van der Waals surface area (Å²) in [4.78, 5) is 48.0. The number of phenols is 2. The van der Waals surface area contributed by atoms with Crippen LogP contribution in [0, 0.1) is 0 Å². The number of carboxylic acid groups (broad SMARTS) is 1. The van der Waals surface area contributed by atoms with E-state index in [4.69, 9.17) is 25.4 Å². The molecule has 0 fully saturated rings. The van der Waals surface area contributed by atoms with Crippen LogP contribution >= 0.6 is 0 Å². The standard InChI is InChI=1S/C33H55NO4.C14H19NO5.C10H21N/c1-5-6-7-8-9-10-11-12-13-14-15-16-17-18-19-20-21-22-31(36)30(34-32(37)38-33(2,3)4)27-28-23-25-29(35)26-24-28;1-14(2,3)20-13(19)15-11(12(17)18)8-9-4-6-10(16)7-5-9;1-2-3-4-5-6-7-8-9-10-11/h12-13,23-26,30,35H,5-11,14-22,27H2,1-4H3,(H,34,37);4-7,11,16H,8H2,1-3H3,(H,15,19)(H,17,18);2H,1,3-11H2/b13-12+;;/t30-;11-;/m00./s1. The number of phenolic OH excluding ortho intramolecular Hbond substituents is 2. The second-order valence-electron chi connectivity index (χ2n) is 20.0. The van der Waals surface area contributed by atoms with Gasteiger partial charge in [-0.25, -0.2) is 14.4 Å². The number of nitrogens with one attached hydrogen (secondary N) is 2. The molecule has 0 heterocycles. The van der Waals surface area contributed by atoms with Crippen LogP contribution in [-0.4, -0.2) is 69.1 Å². The molecule has 2 aromatic carbocycles. The number of carbonyl (C=O) groups is 4. The van der Waals surface area contributed by atoms with Crippen LogP contribution in [0.25, 0.3) is 0 Å². The Labute approximate surface area is 417 Å². The van der Waals surface area contributed by atoms with E-state index in [-0.39, 0.29) is 23.7 Å². The first kappa shape index (κ1) is 64.2. The van der Waals surface area contributed by atoms with E-state index >= 15 is 0 Å². The highest BCUT2D eigenvalue weighted by molar-refractivity contribution is 5.87. The van der Waals surface area contributed by atoms with Crippen LogP contribution in [0.3, 0.4) is 0 Å². The number of rotatable bonds is 33. The minimum absolute atomic E-state index is 0.0247. The number of ketones is 1. The zero-order valence-corrected chi connectivity index (χ0v) is 44.0. The topological polar surface area (TPSA) is 198 Å². The molecular formula is C57H95N3O9. The first-order valence-electron chi connectivity index (χ1n) is 26.1. The Morgan fingerprint density at radius 3 is 1.32 bits per heavy atom. The molecule has 0 aliphatic rings. The van der Waals surface area contributed by atoms with E-state index in [1.165, 1.54) is 134 Å². The van der Waals surface area contributed by atoms with E-state index < -0.39 is 41.4 Å². The maximum atomic E-state index is 12.9. The van der Waals surface area contributed by atoms with Gasteiger partial charge in [-0.2, -0.15) is 0 Å². The van der Waals surface area contributed by atoms with Crippen LogP contribution in [-0.2, 0) is 31.9 Å². The molecule has 12 heteroatoms. The van der Waals surface area contributed by atoms with Gasteiger partial charge in [0.25, 0.3) is 0 Å². The van der Waals surface area contributed by atoms with Gasteiger partial charge in [0.05, 0.1) is 6.04 Å². The zero-order valence-electron chi connectivity index (χ0n) is 44.0.